The highest BCUT2D eigenvalue weighted by Gasteiger charge is 2.08. The Morgan fingerprint density at radius 1 is 1.37 bits per heavy atom. The zero-order valence-electron chi connectivity index (χ0n) is 11.5. The third kappa shape index (κ3) is 3.97. The Balaban J connectivity index is 2.01. The molecule has 102 valence electrons. The van der Waals surface area contributed by atoms with Gasteiger partial charge in [0.15, 0.2) is 0 Å². The highest BCUT2D eigenvalue weighted by atomic mass is 32.1. The molecular weight excluding hydrogens is 258 g/mol. The lowest BCUT2D eigenvalue weighted by Gasteiger charge is -2.15. The Morgan fingerprint density at radius 2 is 2.05 bits per heavy atom. The van der Waals surface area contributed by atoms with Crippen molar-refractivity contribution in [1.29, 1.82) is 0 Å². The first-order valence-corrected chi connectivity index (χ1v) is 7.11. The number of anilines is 1. The van der Waals surface area contributed by atoms with Gasteiger partial charge in [-0.05, 0) is 25.8 Å². The number of rotatable bonds is 5. The van der Waals surface area contributed by atoms with Crippen molar-refractivity contribution in [1.82, 2.24) is 15.0 Å². The predicted octanol–water partition coefficient (Wildman–Crippen LogP) is 1.77. The van der Waals surface area contributed by atoms with Gasteiger partial charge in [0.05, 0.1) is 17.2 Å². The van der Waals surface area contributed by atoms with Crippen molar-refractivity contribution in [3.63, 3.8) is 0 Å². The molecule has 6 heteroatoms. The summed E-state index contributed by atoms with van der Waals surface area (Å²) in [4.78, 5) is 15.2. The summed E-state index contributed by atoms with van der Waals surface area (Å²) in [6.07, 6.45) is 4.48. The van der Waals surface area contributed by atoms with E-state index < -0.39 is 0 Å². The number of aryl methyl sites for hydroxylation is 1. The van der Waals surface area contributed by atoms with Gasteiger partial charge >= 0.3 is 0 Å². The number of hydrogen-bond donors (Lipinski definition) is 1. The van der Waals surface area contributed by atoms with Crippen LogP contribution in [-0.4, -0.2) is 28.0 Å². The van der Waals surface area contributed by atoms with E-state index in [0.717, 1.165) is 29.2 Å². The molecule has 2 aromatic heterocycles. The number of thiazole rings is 1. The van der Waals surface area contributed by atoms with E-state index in [1.54, 1.807) is 11.3 Å². The molecule has 0 fully saturated rings. The average molecular weight is 277 g/mol. The van der Waals surface area contributed by atoms with E-state index >= 15 is 0 Å². The summed E-state index contributed by atoms with van der Waals surface area (Å²) in [6, 6.07) is 0.130. The third-order valence-corrected chi connectivity index (χ3v) is 3.48. The molecule has 0 aliphatic heterocycles. The molecule has 2 aromatic rings. The summed E-state index contributed by atoms with van der Waals surface area (Å²) in [5.74, 6) is 0.707. The molecule has 0 bridgehead atoms. The van der Waals surface area contributed by atoms with Crippen LogP contribution in [0.25, 0.3) is 0 Å². The lowest BCUT2D eigenvalue weighted by Crippen LogP contribution is -2.21. The SMILES string of the molecule is Cc1nc(CN(C)c2ncc(CC(C)N)cn2)cs1. The van der Waals surface area contributed by atoms with Crippen LogP contribution in [0, 0.1) is 6.92 Å². The first kappa shape index (κ1) is 13.9. The minimum absolute atomic E-state index is 0.130. The fraction of sp³-hybridized carbons (Fsp3) is 0.462. The molecule has 0 aromatic carbocycles. The van der Waals surface area contributed by atoms with Crippen LogP contribution in [0.2, 0.25) is 0 Å². The molecule has 0 radical (unpaired) electrons. The monoisotopic (exact) mass is 277 g/mol. The Morgan fingerprint density at radius 3 is 2.58 bits per heavy atom. The minimum atomic E-state index is 0.130. The minimum Gasteiger partial charge on any atom is -0.338 e. The molecule has 0 aliphatic carbocycles. The van der Waals surface area contributed by atoms with Gasteiger partial charge in [-0.3, -0.25) is 0 Å². The van der Waals surface area contributed by atoms with Crippen LogP contribution >= 0.6 is 11.3 Å². The van der Waals surface area contributed by atoms with Gasteiger partial charge in [0, 0.05) is 30.9 Å². The molecule has 0 saturated carbocycles. The Kier molecular flexibility index (Phi) is 4.44. The molecule has 1 atom stereocenters. The molecule has 0 spiro atoms. The van der Waals surface area contributed by atoms with Crippen LogP contribution in [0.1, 0.15) is 23.2 Å². The number of nitrogens with zero attached hydrogens (tertiary/aromatic N) is 4. The zero-order chi connectivity index (χ0) is 13.8. The van der Waals surface area contributed by atoms with Crippen LogP contribution < -0.4 is 10.6 Å². The van der Waals surface area contributed by atoms with Crippen molar-refractivity contribution < 1.29 is 0 Å². The maximum atomic E-state index is 5.75. The number of hydrogen-bond acceptors (Lipinski definition) is 6. The molecular formula is C13H19N5S. The summed E-state index contributed by atoms with van der Waals surface area (Å²) >= 11 is 1.66. The number of nitrogens with two attached hydrogens (primary N) is 1. The first-order valence-electron chi connectivity index (χ1n) is 6.23. The summed E-state index contributed by atoms with van der Waals surface area (Å²) in [5.41, 5.74) is 7.87. The van der Waals surface area contributed by atoms with Crippen molar-refractivity contribution >= 4 is 17.3 Å². The third-order valence-electron chi connectivity index (χ3n) is 2.66. The van der Waals surface area contributed by atoms with Gasteiger partial charge in [0.2, 0.25) is 5.95 Å². The van der Waals surface area contributed by atoms with E-state index in [0.29, 0.717) is 5.95 Å². The van der Waals surface area contributed by atoms with Gasteiger partial charge in [-0.15, -0.1) is 11.3 Å². The predicted molar refractivity (Wildman–Crippen MR) is 78.3 cm³/mol. The van der Waals surface area contributed by atoms with E-state index in [1.807, 2.05) is 38.2 Å². The summed E-state index contributed by atoms with van der Waals surface area (Å²) in [6.45, 7) is 4.70. The van der Waals surface area contributed by atoms with Gasteiger partial charge < -0.3 is 10.6 Å². The van der Waals surface area contributed by atoms with E-state index in [2.05, 4.69) is 20.3 Å². The second-order valence-electron chi connectivity index (χ2n) is 4.79. The smallest absolute Gasteiger partial charge is 0.225 e. The standard InChI is InChI=1S/C13H19N5S/c1-9(14)4-11-5-15-13(16-6-11)18(3)7-12-8-19-10(2)17-12/h5-6,8-9H,4,7,14H2,1-3H3. The highest BCUT2D eigenvalue weighted by molar-refractivity contribution is 7.09. The molecule has 0 aliphatic rings. The maximum Gasteiger partial charge on any atom is 0.225 e. The van der Waals surface area contributed by atoms with Crippen molar-refractivity contribution in [2.24, 2.45) is 5.73 Å². The fourth-order valence-electron chi connectivity index (χ4n) is 1.82. The van der Waals surface area contributed by atoms with Gasteiger partial charge in [0.1, 0.15) is 0 Å². The van der Waals surface area contributed by atoms with E-state index in [4.69, 9.17) is 5.73 Å². The van der Waals surface area contributed by atoms with Crippen LogP contribution in [0.15, 0.2) is 17.8 Å². The van der Waals surface area contributed by atoms with E-state index in [-0.39, 0.29) is 6.04 Å². The lowest BCUT2D eigenvalue weighted by atomic mass is 10.1. The van der Waals surface area contributed by atoms with Gasteiger partial charge in [0.25, 0.3) is 0 Å². The molecule has 19 heavy (non-hydrogen) atoms. The Hall–Kier alpha value is -1.53. The van der Waals surface area contributed by atoms with Crippen molar-refractivity contribution in [3.05, 3.63) is 34.0 Å². The summed E-state index contributed by atoms with van der Waals surface area (Å²) in [5, 5.41) is 3.15. The number of aromatic nitrogens is 3. The van der Waals surface area contributed by atoms with E-state index in [9.17, 15) is 0 Å². The molecule has 0 amide bonds. The van der Waals surface area contributed by atoms with Gasteiger partial charge in [-0.2, -0.15) is 0 Å². The van der Waals surface area contributed by atoms with Crippen LogP contribution in [0.3, 0.4) is 0 Å². The van der Waals surface area contributed by atoms with Crippen molar-refractivity contribution in [2.75, 3.05) is 11.9 Å². The van der Waals surface area contributed by atoms with E-state index in [1.165, 1.54) is 0 Å². The van der Waals surface area contributed by atoms with Gasteiger partial charge in [-0.1, -0.05) is 0 Å². The largest absolute Gasteiger partial charge is 0.338 e. The molecule has 0 saturated heterocycles. The van der Waals surface area contributed by atoms with Crippen LogP contribution in [0.4, 0.5) is 5.95 Å². The van der Waals surface area contributed by atoms with Crippen molar-refractivity contribution in [2.45, 2.75) is 32.9 Å². The molecule has 1 unspecified atom stereocenters. The molecule has 2 heterocycles. The Bertz CT molecular complexity index is 520. The van der Waals surface area contributed by atoms with Gasteiger partial charge in [-0.25, -0.2) is 15.0 Å². The van der Waals surface area contributed by atoms with Crippen molar-refractivity contribution in [3.8, 4) is 0 Å². The zero-order valence-corrected chi connectivity index (χ0v) is 12.3. The topological polar surface area (TPSA) is 67.9 Å². The molecule has 2 rings (SSSR count). The highest BCUT2D eigenvalue weighted by Crippen LogP contribution is 2.13. The quantitative estimate of drug-likeness (QED) is 0.902. The molecule has 2 N–H and O–H groups in total. The molecule has 5 nitrogen and oxygen atoms in total. The second-order valence-corrected chi connectivity index (χ2v) is 5.85. The van der Waals surface area contributed by atoms with Crippen LogP contribution in [-0.2, 0) is 13.0 Å². The first-order chi connectivity index (χ1) is 9.04. The Labute approximate surface area is 117 Å². The maximum absolute atomic E-state index is 5.75. The lowest BCUT2D eigenvalue weighted by molar-refractivity contribution is 0.730. The average Bonchev–Trinajstić information content (AvgIpc) is 2.75. The summed E-state index contributed by atoms with van der Waals surface area (Å²) in [7, 11) is 1.97. The normalized spacial score (nSPS) is 12.4. The second kappa shape index (κ2) is 6.08. The summed E-state index contributed by atoms with van der Waals surface area (Å²) < 4.78 is 0. The van der Waals surface area contributed by atoms with Crippen LogP contribution in [0.5, 0.6) is 0 Å². The fourth-order valence-corrected chi connectivity index (χ4v) is 2.42.